The molecule has 37 heavy (non-hydrogen) atoms. The van der Waals surface area contributed by atoms with Gasteiger partial charge in [-0.1, -0.05) is 93.5 Å². The predicted molar refractivity (Wildman–Crippen MR) is 153 cm³/mol. The van der Waals surface area contributed by atoms with E-state index in [1.807, 2.05) is 50.2 Å². The van der Waals surface area contributed by atoms with Gasteiger partial charge < -0.3 is 14.2 Å². The lowest BCUT2D eigenvalue weighted by atomic mass is 10.1. The number of amides is 1. The second-order valence-electron chi connectivity index (χ2n) is 8.58. The van der Waals surface area contributed by atoms with Crippen LogP contribution in [0.1, 0.15) is 70.0 Å². The zero-order chi connectivity index (χ0) is 26.6. The van der Waals surface area contributed by atoms with Crippen molar-refractivity contribution in [3.8, 4) is 11.5 Å². The minimum atomic E-state index is -0.936. The Balaban J connectivity index is 1.83. The number of carbonyl (C=O) groups excluding carboxylic acids is 2. The molecule has 2 aromatic carbocycles. The Kier molecular flexibility index (Phi) is 11.5. The van der Waals surface area contributed by atoms with E-state index in [0.29, 0.717) is 45.9 Å². The molecule has 1 saturated heterocycles. The Morgan fingerprint density at radius 3 is 2.46 bits per heavy atom. The first kappa shape index (κ1) is 28.7. The lowest BCUT2D eigenvalue weighted by Gasteiger charge is -2.25. The normalized spacial score (nSPS) is 15.2. The maximum absolute atomic E-state index is 13.5. The molecule has 1 aliphatic rings. The van der Waals surface area contributed by atoms with Crippen LogP contribution in [0, 0.1) is 0 Å². The fraction of sp³-hybridized carbons (Fsp3) is 0.414. The van der Waals surface area contributed by atoms with E-state index in [-0.39, 0.29) is 12.5 Å². The van der Waals surface area contributed by atoms with Crippen molar-refractivity contribution in [1.82, 2.24) is 4.90 Å². The van der Waals surface area contributed by atoms with Gasteiger partial charge in [0.1, 0.15) is 4.32 Å². The van der Waals surface area contributed by atoms with Crippen LogP contribution >= 0.6 is 24.0 Å². The number of thioether (sulfide) groups is 1. The van der Waals surface area contributed by atoms with Crippen LogP contribution in [-0.2, 0) is 14.3 Å². The van der Waals surface area contributed by atoms with Crippen molar-refractivity contribution in [2.75, 3.05) is 19.8 Å². The number of esters is 1. The number of nitrogens with zero attached hydrogens (tertiary/aromatic N) is 1. The number of rotatable bonds is 14. The molecule has 1 fully saturated rings. The summed E-state index contributed by atoms with van der Waals surface area (Å²) in [6.45, 7) is 7.43. The molecule has 1 amide bonds. The molecule has 0 aromatic heterocycles. The molecule has 0 saturated carbocycles. The van der Waals surface area contributed by atoms with E-state index in [4.69, 9.17) is 26.4 Å². The molecule has 1 unspecified atom stereocenters. The van der Waals surface area contributed by atoms with Gasteiger partial charge in [0.05, 0.1) is 24.7 Å². The zero-order valence-corrected chi connectivity index (χ0v) is 23.4. The largest absolute Gasteiger partial charge is 0.490 e. The molecule has 0 bridgehead atoms. The van der Waals surface area contributed by atoms with Gasteiger partial charge in [0.15, 0.2) is 17.5 Å². The molecule has 1 aliphatic heterocycles. The van der Waals surface area contributed by atoms with Crippen LogP contribution in [0.5, 0.6) is 11.5 Å². The second-order valence-corrected chi connectivity index (χ2v) is 10.3. The van der Waals surface area contributed by atoms with Crippen molar-refractivity contribution in [3.05, 3.63) is 64.6 Å². The third-order valence-electron chi connectivity index (χ3n) is 5.69. The van der Waals surface area contributed by atoms with Crippen LogP contribution in [0.25, 0.3) is 6.08 Å². The summed E-state index contributed by atoms with van der Waals surface area (Å²) >= 11 is 6.73. The molecular formula is C29H35NO5S2. The summed E-state index contributed by atoms with van der Waals surface area (Å²) in [5.74, 6) is 0.495. The van der Waals surface area contributed by atoms with Gasteiger partial charge in [0.25, 0.3) is 5.91 Å². The van der Waals surface area contributed by atoms with Gasteiger partial charge >= 0.3 is 5.97 Å². The number of hydrogen-bond donors (Lipinski definition) is 0. The van der Waals surface area contributed by atoms with Gasteiger partial charge in [0, 0.05) is 0 Å². The maximum atomic E-state index is 13.5. The quantitative estimate of drug-likeness (QED) is 0.111. The van der Waals surface area contributed by atoms with Crippen LogP contribution in [0.3, 0.4) is 0 Å². The van der Waals surface area contributed by atoms with Gasteiger partial charge in [-0.3, -0.25) is 9.69 Å². The number of ether oxygens (including phenoxy) is 3. The van der Waals surface area contributed by atoms with Crippen molar-refractivity contribution < 1.29 is 23.8 Å². The summed E-state index contributed by atoms with van der Waals surface area (Å²) in [6, 6.07) is 13.8. The highest BCUT2D eigenvalue weighted by atomic mass is 32.2. The number of unbranched alkanes of at least 4 members (excludes halogenated alkanes) is 3. The van der Waals surface area contributed by atoms with E-state index in [1.54, 1.807) is 18.2 Å². The summed E-state index contributed by atoms with van der Waals surface area (Å²) < 4.78 is 17.5. The number of thiocarbonyl (C=S) groups is 1. The summed E-state index contributed by atoms with van der Waals surface area (Å²) in [7, 11) is 0. The first-order valence-corrected chi connectivity index (χ1v) is 14.1. The van der Waals surface area contributed by atoms with Crippen LogP contribution in [0.2, 0.25) is 0 Å². The molecule has 3 rings (SSSR count). The highest BCUT2D eigenvalue weighted by Gasteiger charge is 2.42. The molecule has 1 atom stereocenters. The van der Waals surface area contributed by atoms with Crippen LogP contribution in [-0.4, -0.2) is 40.9 Å². The molecule has 2 aromatic rings. The maximum Gasteiger partial charge on any atom is 0.333 e. The average Bonchev–Trinajstić information content (AvgIpc) is 3.17. The van der Waals surface area contributed by atoms with Gasteiger partial charge in [0.2, 0.25) is 0 Å². The smallest absolute Gasteiger partial charge is 0.333 e. The van der Waals surface area contributed by atoms with E-state index in [9.17, 15) is 9.59 Å². The lowest BCUT2D eigenvalue weighted by molar-refractivity contribution is -0.151. The number of benzene rings is 2. The minimum absolute atomic E-state index is 0.278. The Labute approximate surface area is 229 Å². The second kappa shape index (κ2) is 14.8. The Morgan fingerprint density at radius 1 is 0.973 bits per heavy atom. The van der Waals surface area contributed by atoms with Gasteiger partial charge in [-0.25, -0.2) is 4.79 Å². The van der Waals surface area contributed by atoms with E-state index < -0.39 is 12.0 Å². The molecule has 0 radical (unpaired) electrons. The monoisotopic (exact) mass is 541 g/mol. The van der Waals surface area contributed by atoms with Crippen molar-refractivity contribution in [2.24, 2.45) is 0 Å². The van der Waals surface area contributed by atoms with Gasteiger partial charge in [-0.05, 0) is 49.1 Å². The fourth-order valence-electron chi connectivity index (χ4n) is 3.87. The SMILES string of the molecule is CCCCCCOc1ccc(/C=C2\SC(=S)N(C(C(=O)OCCC)c3ccccc3)C2=O)cc1OCC. The number of hydrogen-bond acceptors (Lipinski definition) is 7. The summed E-state index contributed by atoms with van der Waals surface area (Å²) in [5.41, 5.74) is 1.44. The van der Waals surface area contributed by atoms with Gasteiger partial charge in [-0.15, -0.1) is 0 Å². The van der Waals surface area contributed by atoms with Crippen LogP contribution in [0.4, 0.5) is 0 Å². The lowest BCUT2D eigenvalue weighted by Crippen LogP contribution is -2.38. The fourth-order valence-corrected chi connectivity index (χ4v) is 5.19. The predicted octanol–water partition coefficient (Wildman–Crippen LogP) is 6.94. The Morgan fingerprint density at radius 2 is 1.76 bits per heavy atom. The highest BCUT2D eigenvalue weighted by Crippen LogP contribution is 2.39. The minimum Gasteiger partial charge on any atom is -0.490 e. The topological polar surface area (TPSA) is 65.1 Å². The first-order chi connectivity index (χ1) is 18.0. The molecule has 1 heterocycles. The molecule has 0 spiro atoms. The van der Waals surface area contributed by atoms with E-state index in [2.05, 4.69) is 6.92 Å². The summed E-state index contributed by atoms with van der Waals surface area (Å²) in [6.07, 6.45) is 6.96. The van der Waals surface area contributed by atoms with Crippen molar-refractivity contribution in [1.29, 1.82) is 0 Å². The van der Waals surface area contributed by atoms with Crippen molar-refractivity contribution >= 4 is 46.3 Å². The van der Waals surface area contributed by atoms with Crippen LogP contribution < -0.4 is 9.47 Å². The third kappa shape index (κ3) is 7.82. The Bertz CT molecular complexity index is 1100. The highest BCUT2D eigenvalue weighted by molar-refractivity contribution is 8.26. The number of carbonyl (C=O) groups is 2. The van der Waals surface area contributed by atoms with Crippen LogP contribution in [0.15, 0.2) is 53.4 Å². The molecule has 0 aliphatic carbocycles. The van der Waals surface area contributed by atoms with Gasteiger partial charge in [-0.2, -0.15) is 0 Å². The average molecular weight is 542 g/mol. The molecule has 6 nitrogen and oxygen atoms in total. The van der Waals surface area contributed by atoms with E-state index in [1.165, 1.54) is 29.5 Å². The van der Waals surface area contributed by atoms with E-state index in [0.717, 1.165) is 18.4 Å². The third-order valence-corrected chi connectivity index (χ3v) is 7.02. The standard InChI is InChI=1S/C29H35NO5S2/c1-4-7-8-12-18-34-23-16-15-21(19-24(23)33-6-3)20-25-27(31)30(29(36)37-25)26(28(32)35-17-5-2)22-13-10-9-11-14-22/h9-11,13-16,19-20,26H,4-8,12,17-18H2,1-3H3/b25-20-. The van der Waals surface area contributed by atoms with Crippen molar-refractivity contribution in [2.45, 2.75) is 58.9 Å². The first-order valence-electron chi connectivity index (χ1n) is 12.9. The molecule has 8 heteroatoms. The van der Waals surface area contributed by atoms with Crippen molar-refractivity contribution in [3.63, 3.8) is 0 Å². The molecule has 0 N–H and O–H groups in total. The Hall–Kier alpha value is -2.84. The molecule has 198 valence electrons. The molecular weight excluding hydrogens is 506 g/mol. The summed E-state index contributed by atoms with van der Waals surface area (Å²) in [4.78, 5) is 28.3. The summed E-state index contributed by atoms with van der Waals surface area (Å²) in [5, 5.41) is 0. The van der Waals surface area contributed by atoms with E-state index >= 15 is 0 Å². The zero-order valence-electron chi connectivity index (χ0n) is 21.7.